The molecule has 104 valence electrons. The lowest BCUT2D eigenvalue weighted by atomic mass is 10.0. The molecule has 1 N–H and O–H groups in total. The van der Waals surface area contributed by atoms with Crippen LogP contribution in [0.5, 0.6) is 0 Å². The fraction of sp³-hybridized carbons (Fsp3) is 0.500. The summed E-state index contributed by atoms with van der Waals surface area (Å²) < 4.78 is 5.37. The summed E-state index contributed by atoms with van der Waals surface area (Å²) in [4.78, 5) is 10.5. The molecular formula is C12H14Cl2N2O3. The Kier molecular flexibility index (Phi) is 4.85. The summed E-state index contributed by atoms with van der Waals surface area (Å²) in [5.74, 6) is 0.364. The molecule has 1 aliphatic heterocycles. The first kappa shape index (κ1) is 14.4. The van der Waals surface area contributed by atoms with E-state index in [4.69, 9.17) is 27.9 Å². The van der Waals surface area contributed by atoms with Crippen molar-refractivity contribution in [1.82, 2.24) is 0 Å². The van der Waals surface area contributed by atoms with E-state index in [1.807, 2.05) is 0 Å². The Hall–Kier alpha value is -1.04. The van der Waals surface area contributed by atoms with Crippen molar-refractivity contribution in [1.29, 1.82) is 0 Å². The van der Waals surface area contributed by atoms with Crippen LogP contribution >= 0.6 is 23.2 Å². The lowest BCUT2D eigenvalue weighted by Gasteiger charge is -2.22. The predicted molar refractivity (Wildman–Crippen MR) is 75.1 cm³/mol. The standard InChI is InChI=1S/C12H14Cl2N2O3/c13-9-4-11(12(16(17)18)5-10(9)14)15-6-8-2-1-3-19-7-8/h4-5,8,15H,1-3,6-7H2. The van der Waals surface area contributed by atoms with Crippen molar-refractivity contribution in [2.75, 3.05) is 25.1 Å². The Balaban J connectivity index is 2.09. The normalized spacial score (nSPS) is 19.2. The van der Waals surface area contributed by atoms with Gasteiger partial charge in [-0.15, -0.1) is 0 Å². The van der Waals surface area contributed by atoms with Gasteiger partial charge in [0, 0.05) is 19.2 Å². The molecule has 0 radical (unpaired) electrons. The molecule has 0 spiro atoms. The minimum Gasteiger partial charge on any atom is -0.381 e. The molecule has 0 aliphatic carbocycles. The van der Waals surface area contributed by atoms with Gasteiger partial charge < -0.3 is 10.1 Å². The summed E-state index contributed by atoms with van der Waals surface area (Å²) in [5, 5.41) is 14.5. The summed E-state index contributed by atoms with van der Waals surface area (Å²) in [6.45, 7) is 2.10. The largest absolute Gasteiger partial charge is 0.381 e. The maximum absolute atomic E-state index is 11.0. The van der Waals surface area contributed by atoms with Crippen molar-refractivity contribution >= 4 is 34.6 Å². The fourth-order valence-electron chi connectivity index (χ4n) is 2.05. The Morgan fingerprint density at radius 3 is 2.79 bits per heavy atom. The molecule has 1 aromatic rings. The van der Waals surface area contributed by atoms with Crippen LogP contribution in [-0.2, 0) is 4.74 Å². The van der Waals surface area contributed by atoms with E-state index in [9.17, 15) is 10.1 Å². The average molecular weight is 305 g/mol. The number of halogens is 2. The van der Waals surface area contributed by atoms with Gasteiger partial charge in [-0.3, -0.25) is 10.1 Å². The maximum atomic E-state index is 11.0. The number of hydrogen-bond acceptors (Lipinski definition) is 4. The van der Waals surface area contributed by atoms with Crippen LogP contribution in [0.3, 0.4) is 0 Å². The van der Waals surface area contributed by atoms with Crippen LogP contribution in [0.2, 0.25) is 10.0 Å². The second kappa shape index (κ2) is 6.41. The fourth-order valence-corrected chi connectivity index (χ4v) is 2.37. The van der Waals surface area contributed by atoms with Gasteiger partial charge in [0.05, 0.1) is 21.6 Å². The molecule has 0 aromatic heterocycles. The van der Waals surface area contributed by atoms with Crippen LogP contribution in [0.4, 0.5) is 11.4 Å². The highest BCUT2D eigenvalue weighted by atomic mass is 35.5. The van der Waals surface area contributed by atoms with Crippen LogP contribution in [0.1, 0.15) is 12.8 Å². The molecule has 1 heterocycles. The number of anilines is 1. The molecule has 7 heteroatoms. The van der Waals surface area contributed by atoms with Crippen molar-refractivity contribution < 1.29 is 9.66 Å². The number of hydrogen-bond donors (Lipinski definition) is 1. The van der Waals surface area contributed by atoms with Crippen molar-refractivity contribution in [3.8, 4) is 0 Å². The van der Waals surface area contributed by atoms with Gasteiger partial charge in [-0.2, -0.15) is 0 Å². The first-order chi connectivity index (χ1) is 9.08. The quantitative estimate of drug-likeness (QED) is 0.680. The second-order valence-electron chi connectivity index (χ2n) is 4.50. The molecule has 19 heavy (non-hydrogen) atoms. The molecule has 2 rings (SSSR count). The van der Waals surface area contributed by atoms with Crippen LogP contribution in [-0.4, -0.2) is 24.7 Å². The van der Waals surface area contributed by atoms with E-state index >= 15 is 0 Å². The third-order valence-corrected chi connectivity index (χ3v) is 3.79. The Labute approximate surface area is 121 Å². The summed E-state index contributed by atoms with van der Waals surface area (Å²) in [6, 6.07) is 2.76. The van der Waals surface area contributed by atoms with E-state index in [0.717, 1.165) is 19.4 Å². The molecule has 1 aromatic carbocycles. The zero-order valence-corrected chi connectivity index (χ0v) is 11.7. The van der Waals surface area contributed by atoms with Gasteiger partial charge >= 0.3 is 0 Å². The third-order valence-electron chi connectivity index (χ3n) is 3.07. The molecule has 0 amide bonds. The monoisotopic (exact) mass is 304 g/mol. The van der Waals surface area contributed by atoms with Gasteiger partial charge in [0.2, 0.25) is 0 Å². The summed E-state index contributed by atoms with van der Waals surface area (Å²) >= 11 is 11.7. The Morgan fingerprint density at radius 1 is 1.42 bits per heavy atom. The van der Waals surface area contributed by atoms with Crippen LogP contribution in [0.15, 0.2) is 12.1 Å². The van der Waals surface area contributed by atoms with Gasteiger partial charge in [-0.1, -0.05) is 23.2 Å². The van der Waals surface area contributed by atoms with Crippen LogP contribution < -0.4 is 5.32 Å². The maximum Gasteiger partial charge on any atom is 0.293 e. The van der Waals surface area contributed by atoms with E-state index in [1.54, 1.807) is 0 Å². The third kappa shape index (κ3) is 3.72. The second-order valence-corrected chi connectivity index (χ2v) is 5.32. The molecule has 1 fully saturated rings. The number of ether oxygens (including phenoxy) is 1. The number of rotatable bonds is 4. The number of nitrogens with one attached hydrogen (secondary N) is 1. The molecule has 1 unspecified atom stereocenters. The van der Waals surface area contributed by atoms with Crippen molar-refractivity contribution in [3.05, 3.63) is 32.3 Å². The van der Waals surface area contributed by atoms with Crippen molar-refractivity contribution in [3.63, 3.8) is 0 Å². The highest BCUT2D eigenvalue weighted by Crippen LogP contribution is 2.34. The first-order valence-electron chi connectivity index (χ1n) is 6.03. The van der Waals surface area contributed by atoms with Gasteiger partial charge in [0.25, 0.3) is 5.69 Å². The Morgan fingerprint density at radius 2 is 2.16 bits per heavy atom. The Bertz CT molecular complexity index is 476. The smallest absolute Gasteiger partial charge is 0.293 e. The van der Waals surface area contributed by atoms with E-state index in [2.05, 4.69) is 5.32 Å². The zero-order valence-electron chi connectivity index (χ0n) is 10.2. The highest BCUT2D eigenvalue weighted by Gasteiger charge is 2.19. The van der Waals surface area contributed by atoms with E-state index < -0.39 is 4.92 Å². The lowest BCUT2D eigenvalue weighted by Crippen LogP contribution is -2.24. The molecular weight excluding hydrogens is 291 g/mol. The van der Waals surface area contributed by atoms with Crippen molar-refractivity contribution in [2.24, 2.45) is 5.92 Å². The van der Waals surface area contributed by atoms with E-state index in [0.29, 0.717) is 29.8 Å². The molecule has 5 nitrogen and oxygen atoms in total. The molecule has 0 bridgehead atoms. The van der Waals surface area contributed by atoms with Crippen LogP contribution in [0.25, 0.3) is 0 Å². The van der Waals surface area contributed by atoms with E-state index in [-0.39, 0.29) is 10.7 Å². The first-order valence-corrected chi connectivity index (χ1v) is 6.78. The summed E-state index contributed by atoms with van der Waals surface area (Å²) in [5.41, 5.74) is 0.330. The van der Waals surface area contributed by atoms with E-state index in [1.165, 1.54) is 12.1 Å². The van der Waals surface area contributed by atoms with Gasteiger partial charge in [0.1, 0.15) is 5.69 Å². The van der Waals surface area contributed by atoms with Crippen LogP contribution in [0, 0.1) is 16.0 Å². The van der Waals surface area contributed by atoms with Crippen molar-refractivity contribution in [2.45, 2.75) is 12.8 Å². The van der Waals surface area contributed by atoms with Gasteiger partial charge in [0.15, 0.2) is 0 Å². The molecule has 0 saturated carbocycles. The minimum atomic E-state index is -0.470. The lowest BCUT2D eigenvalue weighted by molar-refractivity contribution is -0.383. The topological polar surface area (TPSA) is 64.4 Å². The molecule has 1 atom stereocenters. The predicted octanol–water partition coefficient (Wildman–Crippen LogP) is 3.74. The zero-order chi connectivity index (χ0) is 13.8. The number of nitro groups is 1. The molecule has 1 aliphatic rings. The average Bonchev–Trinajstić information content (AvgIpc) is 2.40. The number of benzene rings is 1. The number of nitrogens with zero attached hydrogens (tertiary/aromatic N) is 1. The highest BCUT2D eigenvalue weighted by molar-refractivity contribution is 6.42. The van der Waals surface area contributed by atoms with Gasteiger partial charge in [-0.25, -0.2) is 0 Å². The minimum absolute atomic E-state index is 0.0638. The molecule has 1 saturated heterocycles. The summed E-state index contributed by atoms with van der Waals surface area (Å²) in [6.07, 6.45) is 2.08. The summed E-state index contributed by atoms with van der Waals surface area (Å²) in [7, 11) is 0. The van der Waals surface area contributed by atoms with Gasteiger partial charge in [-0.05, 0) is 24.8 Å². The number of nitro benzene ring substituents is 1. The SMILES string of the molecule is O=[N+]([O-])c1cc(Cl)c(Cl)cc1NCC1CCCOC1.